The number of aromatic nitrogens is 2. The molecule has 21 heavy (non-hydrogen) atoms. The minimum Gasteiger partial charge on any atom is -0.481 e. The third-order valence-corrected chi connectivity index (χ3v) is 3.98. The van der Waals surface area contributed by atoms with Gasteiger partial charge in [0.2, 0.25) is 11.8 Å². The fraction of sp³-hybridized carbons (Fsp3) is 0.0833. The molecule has 0 saturated carbocycles. The molecule has 0 bridgehead atoms. The molecule has 0 radical (unpaired) electrons. The first-order chi connectivity index (χ1) is 9.96. The lowest BCUT2D eigenvalue weighted by molar-refractivity contribution is 0.397. The van der Waals surface area contributed by atoms with Crippen LogP contribution in [0.5, 0.6) is 5.88 Å². The highest BCUT2D eigenvalue weighted by molar-refractivity contribution is 7.92. The summed E-state index contributed by atoms with van der Waals surface area (Å²) in [5.74, 6) is -0.131. The second kappa shape index (κ2) is 5.95. The number of anilines is 1. The van der Waals surface area contributed by atoms with Crippen LogP contribution in [0.1, 0.15) is 5.56 Å². The van der Waals surface area contributed by atoms with Gasteiger partial charge in [0, 0.05) is 6.07 Å². The Hall–Kier alpha value is -2.37. The van der Waals surface area contributed by atoms with Gasteiger partial charge < -0.3 is 4.74 Å². The number of nitriles is 1. The van der Waals surface area contributed by atoms with Crippen LogP contribution < -0.4 is 9.46 Å². The Labute approximate surface area is 126 Å². The van der Waals surface area contributed by atoms with Gasteiger partial charge in [0.25, 0.3) is 10.0 Å². The molecule has 0 aliphatic heterocycles. The summed E-state index contributed by atoms with van der Waals surface area (Å²) in [4.78, 5) is 7.41. The maximum absolute atomic E-state index is 12.3. The van der Waals surface area contributed by atoms with Crippen molar-refractivity contribution in [3.8, 4) is 11.9 Å². The van der Waals surface area contributed by atoms with Crippen molar-refractivity contribution in [3.63, 3.8) is 0 Å². The van der Waals surface area contributed by atoms with Crippen LogP contribution in [0, 0.1) is 11.3 Å². The van der Waals surface area contributed by atoms with E-state index >= 15 is 0 Å². The maximum Gasteiger partial charge on any atom is 0.265 e. The first-order valence-electron chi connectivity index (χ1n) is 5.57. The van der Waals surface area contributed by atoms with Crippen molar-refractivity contribution in [2.45, 2.75) is 4.90 Å². The van der Waals surface area contributed by atoms with Crippen LogP contribution in [-0.2, 0) is 10.0 Å². The molecule has 2 aromatic rings. The van der Waals surface area contributed by atoms with Gasteiger partial charge in [-0.15, -0.1) is 0 Å². The SMILES string of the molecule is COc1cc(Cl)nc(NS(=O)(=O)c2ccccc2C#N)n1. The predicted octanol–water partition coefficient (Wildman–Crippen LogP) is 1.81. The van der Waals surface area contributed by atoms with Crippen molar-refractivity contribution in [3.05, 3.63) is 41.0 Å². The zero-order valence-corrected chi connectivity index (χ0v) is 12.3. The van der Waals surface area contributed by atoms with E-state index in [2.05, 4.69) is 14.7 Å². The first-order valence-corrected chi connectivity index (χ1v) is 7.43. The quantitative estimate of drug-likeness (QED) is 0.860. The fourth-order valence-electron chi connectivity index (χ4n) is 1.52. The van der Waals surface area contributed by atoms with E-state index in [0.29, 0.717) is 0 Å². The highest BCUT2D eigenvalue weighted by Gasteiger charge is 2.20. The standard InChI is InChI=1S/C12H9ClN4O3S/c1-20-11-6-10(13)15-12(16-11)17-21(18,19)9-5-3-2-4-8(9)7-14/h2-6H,1H3,(H,15,16,17). The first kappa shape index (κ1) is 15.0. The number of rotatable bonds is 4. The van der Waals surface area contributed by atoms with E-state index < -0.39 is 10.0 Å². The minimum atomic E-state index is -4.01. The number of hydrogen-bond acceptors (Lipinski definition) is 6. The van der Waals surface area contributed by atoms with E-state index in [0.717, 1.165) is 0 Å². The number of hydrogen-bond donors (Lipinski definition) is 1. The molecule has 0 amide bonds. The van der Waals surface area contributed by atoms with Crippen LogP contribution in [0.4, 0.5) is 5.95 Å². The molecular weight excluding hydrogens is 316 g/mol. The Bertz CT molecular complexity index is 817. The smallest absolute Gasteiger partial charge is 0.265 e. The summed E-state index contributed by atoms with van der Waals surface area (Å²) in [7, 11) is -2.65. The molecule has 108 valence electrons. The molecule has 0 aliphatic rings. The summed E-state index contributed by atoms with van der Waals surface area (Å²) >= 11 is 5.74. The second-order valence-corrected chi connectivity index (χ2v) is 5.81. The summed E-state index contributed by atoms with van der Waals surface area (Å²) in [6, 6.07) is 8.93. The molecule has 1 aromatic carbocycles. The van der Waals surface area contributed by atoms with Crippen LogP contribution in [0.25, 0.3) is 0 Å². The summed E-state index contributed by atoms with van der Waals surface area (Å²) < 4.78 is 31.6. The van der Waals surface area contributed by atoms with Crippen molar-refractivity contribution in [1.29, 1.82) is 5.26 Å². The van der Waals surface area contributed by atoms with Crippen LogP contribution in [0.3, 0.4) is 0 Å². The molecule has 0 unspecified atom stereocenters. The van der Waals surface area contributed by atoms with Gasteiger partial charge in [0.1, 0.15) is 16.1 Å². The van der Waals surface area contributed by atoms with E-state index in [4.69, 9.17) is 21.6 Å². The fourth-order valence-corrected chi connectivity index (χ4v) is 2.79. The van der Waals surface area contributed by atoms with Gasteiger partial charge in [-0.25, -0.2) is 18.1 Å². The van der Waals surface area contributed by atoms with E-state index in [-0.39, 0.29) is 27.4 Å². The summed E-state index contributed by atoms with van der Waals surface area (Å²) in [5, 5.41) is 8.98. The zero-order chi connectivity index (χ0) is 15.5. The Balaban J connectivity index is 2.43. The molecule has 0 atom stereocenters. The van der Waals surface area contributed by atoms with Crippen LogP contribution >= 0.6 is 11.6 Å². The molecule has 7 nitrogen and oxygen atoms in total. The van der Waals surface area contributed by atoms with Gasteiger partial charge in [-0.05, 0) is 12.1 Å². The van der Waals surface area contributed by atoms with Crippen LogP contribution in [-0.4, -0.2) is 25.5 Å². The Morgan fingerprint density at radius 3 is 2.71 bits per heavy atom. The zero-order valence-electron chi connectivity index (χ0n) is 10.7. The molecular formula is C12H9ClN4O3S. The normalized spacial score (nSPS) is 10.7. The van der Waals surface area contributed by atoms with Crippen molar-refractivity contribution < 1.29 is 13.2 Å². The van der Waals surface area contributed by atoms with Gasteiger partial charge in [0.15, 0.2) is 0 Å². The molecule has 2 rings (SSSR count). The lowest BCUT2D eigenvalue weighted by atomic mass is 10.2. The number of ether oxygens (including phenoxy) is 1. The minimum absolute atomic E-state index is 0.0130. The number of sulfonamides is 1. The number of nitrogens with zero attached hydrogens (tertiary/aromatic N) is 3. The largest absolute Gasteiger partial charge is 0.481 e. The Morgan fingerprint density at radius 2 is 2.05 bits per heavy atom. The maximum atomic E-state index is 12.3. The van der Waals surface area contributed by atoms with E-state index in [1.54, 1.807) is 6.07 Å². The molecule has 0 aliphatic carbocycles. The average molecular weight is 325 g/mol. The lowest BCUT2D eigenvalue weighted by Gasteiger charge is -2.09. The Kier molecular flexibility index (Phi) is 4.26. The average Bonchev–Trinajstić information content (AvgIpc) is 2.46. The molecule has 0 fully saturated rings. The summed E-state index contributed by atoms with van der Waals surface area (Å²) in [6.45, 7) is 0. The summed E-state index contributed by atoms with van der Waals surface area (Å²) in [5.41, 5.74) is 0.0130. The number of benzene rings is 1. The van der Waals surface area contributed by atoms with Crippen LogP contribution in [0.15, 0.2) is 35.2 Å². The van der Waals surface area contributed by atoms with E-state index in [9.17, 15) is 8.42 Å². The number of methoxy groups -OCH3 is 1. The molecule has 1 aromatic heterocycles. The van der Waals surface area contributed by atoms with E-state index in [1.165, 1.54) is 31.4 Å². The van der Waals surface area contributed by atoms with Crippen molar-refractivity contribution in [1.82, 2.24) is 9.97 Å². The van der Waals surface area contributed by atoms with E-state index in [1.807, 2.05) is 6.07 Å². The molecule has 0 saturated heterocycles. The van der Waals surface area contributed by atoms with Crippen LogP contribution in [0.2, 0.25) is 5.15 Å². The number of halogens is 1. The topological polar surface area (TPSA) is 105 Å². The van der Waals surface area contributed by atoms with Crippen molar-refractivity contribution in [2.24, 2.45) is 0 Å². The van der Waals surface area contributed by atoms with Gasteiger partial charge >= 0.3 is 0 Å². The molecule has 0 spiro atoms. The molecule has 1 N–H and O–H groups in total. The third-order valence-electron chi connectivity index (χ3n) is 2.40. The predicted molar refractivity (Wildman–Crippen MR) is 75.6 cm³/mol. The Morgan fingerprint density at radius 1 is 1.33 bits per heavy atom. The van der Waals surface area contributed by atoms with Gasteiger partial charge in [-0.3, -0.25) is 0 Å². The number of nitrogens with one attached hydrogen (secondary N) is 1. The van der Waals surface area contributed by atoms with Gasteiger partial charge in [-0.1, -0.05) is 23.7 Å². The third kappa shape index (κ3) is 3.39. The monoisotopic (exact) mass is 324 g/mol. The highest BCUT2D eigenvalue weighted by Crippen LogP contribution is 2.20. The molecule has 9 heteroatoms. The lowest BCUT2D eigenvalue weighted by Crippen LogP contribution is -2.16. The molecule has 1 heterocycles. The van der Waals surface area contributed by atoms with Gasteiger partial charge in [0.05, 0.1) is 12.7 Å². The van der Waals surface area contributed by atoms with Crippen molar-refractivity contribution >= 4 is 27.6 Å². The summed E-state index contributed by atoms with van der Waals surface area (Å²) in [6.07, 6.45) is 0. The highest BCUT2D eigenvalue weighted by atomic mass is 35.5. The second-order valence-electron chi connectivity index (χ2n) is 3.77. The van der Waals surface area contributed by atoms with Gasteiger partial charge in [-0.2, -0.15) is 10.2 Å². The van der Waals surface area contributed by atoms with Crippen molar-refractivity contribution in [2.75, 3.05) is 11.8 Å².